The average Bonchev–Trinajstić information content (AvgIpc) is 2.71. The summed E-state index contributed by atoms with van der Waals surface area (Å²) in [6, 6.07) is 0. The lowest BCUT2D eigenvalue weighted by Crippen LogP contribution is -2.25. The Morgan fingerprint density at radius 2 is 2.38 bits per heavy atom. The summed E-state index contributed by atoms with van der Waals surface area (Å²) in [6.07, 6.45) is 1.36. The maximum absolute atomic E-state index is 5.26. The molecule has 72 valence electrons. The van der Waals surface area contributed by atoms with Crippen LogP contribution in [-0.2, 0) is 11.8 Å². The lowest BCUT2D eigenvalue weighted by Gasteiger charge is -2.14. The normalized spacial score (nSPS) is 22.6. The van der Waals surface area contributed by atoms with Gasteiger partial charge >= 0.3 is 0 Å². The first kappa shape index (κ1) is 8.43. The van der Waals surface area contributed by atoms with Crippen LogP contribution in [0.2, 0.25) is 0 Å². The van der Waals surface area contributed by atoms with Gasteiger partial charge in [-0.1, -0.05) is 5.10 Å². The van der Waals surface area contributed by atoms with Gasteiger partial charge in [0.05, 0.1) is 6.10 Å². The zero-order valence-electron chi connectivity index (χ0n) is 7.84. The average molecular weight is 183 g/mol. The van der Waals surface area contributed by atoms with Crippen LogP contribution in [0.1, 0.15) is 6.42 Å². The van der Waals surface area contributed by atoms with E-state index in [1.807, 2.05) is 7.05 Å². The van der Waals surface area contributed by atoms with Crippen molar-refractivity contribution in [3.05, 3.63) is 0 Å². The molecule has 0 saturated carbocycles. The molecule has 0 unspecified atom stereocenters. The van der Waals surface area contributed by atoms with Crippen LogP contribution in [0.25, 0.3) is 0 Å². The van der Waals surface area contributed by atoms with E-state index in [4.69, 9.17) is 4.74 Å². The highest BCUT2D eigenvalue weighted by Crippen LogP contribution is 2.17. The van der Waals surface area contributed by atoms with Crippen molar-refractivity contribution in [2.75, 3.05) is 25.1 Å². The SMILES string of the molecule is CO[C@@H]1CCN(c2nnnn2C)C1. The van der Waals surface area contributed by atoms with Gasteiger partial charge in [0.1, 0.15) is 0 Å². The number of aryl methyl sites for hydroxylation is 1. The molecule has 1 aliphatic heterocycles. The number of rotatable bonds is 2. The maximum Gasteiger partial charge on any atom is 0.245 e. The van der Waals surface area contributed by atoms with Crippen molar-refractivity contribution in [1.82, 2.24) is 20.2 Å². The number of nitrogens with zero attached hydrogens (tertiary/aromatic N) is 5. The Balaban J connectivity index is 2.08. The molecule has 1 aromatic heterocycles. The number of hydrogen-bond acceptors (Lipinski definition) is 5. The van der Waals surface area contributed by atoms with Crippen LogP contribution < -0.4 is 4.90 Å². The predicted octanol–water partition coefficient (Wildman–Crippen LogP) is -0.565. The van der Waals surface area contributed by atoms with Crippen molar-refractivity contribution in [2.45, 2.75) is 12.5 Å². The molecular weight excluding hydrogens is 170 g/mol. The molecular formula is C7H13N5O. The van der Waals surface area contributed by atoms with Crippen LogP contribution in [0.3, 0.4) is 0 Å². The minimum atomic E-state index is 0.316. The number of aromatic nitrogens is 4. The fourth-order valence-corrected chi connectivity index (χ4v) is 1.59. The molecule has 13 heavy (non-hydrogen) atoms. The minimum Gasteiger partial charge on any atom is -0.380 e. The van der Waals surface area contributed by atoms with Gasteiger partial charge in [-0.15, -0.1) is 0 Å². The Kier molecular flexibility index (Phi) is 2.13. The van der Waals surface area contributed by atoms with E-state index in [2.05, 4.69) is 20.4 Å². The van der Waals surface area contributed by atoms with E-state index in [9.17, 15) is 0 Å². The van der Waals surface area contributed by atoms with Crippen molar-refractivity contribution < 1.29 is 4.74 Å². The summed E-state index contributed by atoms with van der Waals surface area (Å²) in [6.45, 7) is 1.84. The van der Waals surface area contributed by atoms with Gasteiger partial charge in [0.2, 0.25) is 5.95 Å². The fraction of sp³-hybridized carbons (Fsp3) is 0.857. The van der Waals surface area contributed by atoms with Crippen LogP contribution in [-0.4, -0.2) is 46.5 Å². The third-order valence-electron chi connectivity index (χ3n) is 2.36. The van der Waals surface area contributed by atoms with Crippen molar-refractivity contribution >= 4 is 5.95 Å². The Morgan fingerprint density at radius 3 is 2.92 bits per heavy atom. The molecule has 0 bridgehead atoms. The minimum absolute atomic E-state index is 0.316. The topological polar surface area (TPSA) is 56.1 Å². The summed E-state index contributed by atoms with van der Waals surface area (Å²) >= 11 is 0. The van der Waals surface area contributed by atoms with Crippen LogP contribution >= 0.6 is 0 Å². The van der Waals surface area contributed by atoms with E-state index in [1.54, 1.807) is 11.8 Å². The standard InChI is InChI=1S/C7H13N5O/c1-11-7(8-9-10-11)12-4-3-6(5-12)13-2/h6H,3-5H2,1-2H3/t6-/m1/s1. The molecule has 2 rings (SSSR count). The first-order chi connectivity index (χ1) is 6.31. The van der Waals surface area contributed by atoms with Gasteiger partial charge in [-0.2, -0.15) is 0 Å². The van der Waals surface area contributed by atoms with Crippen molar-refractivity contribution in [3.63, 3.8) is 0 Å². The highest BCUT2D eigenvalue weighted by Gasteiger charge is 2.25. The van der Waals surface area contributed by atoms with Gasteiger partial charge in [0.15, 0.2) is 0 Å². The van der Waals surface area contributed by atoms with E-state index in [1.165, 1.54) is 0 Å². The van der Waals surface area contributed by atoms with Gasteiger partial charge in [0.25, 0.3) is 0 Å². The van der Waals surface area contributed by atoms with Gasteiger partial charge in [-0.3, -0.25) is 0 Å². The summed E-state index contributed by atoms with van der Waals surface area (Å²) in [5, 5.41) is 11.3. The number of tetrazole rings is 1. The summed E-state index contributed by atoms with van der Waals surface area (Å²) < 4.78 is 6.94. The third-order valence-corrected chi connectivity index (χ3v) is 2.36. The lowest BCUT2D eigenvalue weighted by atomic mass is 10.3. The fourth-order valence-electron chi connectivity index (χ4n) is 1.59. The number of hydrogen-bond donors (Lipinski definition) is 0. The van der Waals surface area contributed by atoms with E-state index in [0.717, 1.165) is 25.5 Å². The van der Waals surface area contributed by atoms with Crippen molar-refractivity contribution in [2.24, 2.45) is 7.05 Å². The molecule has 1 aromatic rings. The predicted molar refractivity (Wildman–Crippen MR) is 46.4 cm³/mol. The second-order valence-electron chi connectivity index (χ2n) is 3.19. The zero-order chi connectivity index (χ0) is 9.26. The van der Waals surface area contributed by atoms with E-state index >= 15 is 0 Å². The molecule has 6 nitrogen and oxygen atoms in total. The van der Waals surface area contributed by atoms with E-state index < -0.39 is 0 Å². The largest absolute Gasteiger partial charge is 0.380 e. The van der Waals surface area contributed by atoms with Crippen LogP contribution in [0, 0.1) is 0 Å². The molecule has 1 fully saturated rings. The third kappa shape index (κ3) is 1.49. The number of anilines is 1. The second kappa shape index (κ2) is 3.29. The van der Waals surface area contributed by atoms with Gasteiger partial charge in [0, 0.05) is 27.2 Å². The van der Waals surface area contributed by atoms with Crippen LogP contribution in [0.4, 0.5) is 5.95 Å². The van der Waals surface area contributed by atoms with Gasteiger partial charge in [-0.05, 0) is 16.8 Å². The Bertz CT molecular complexity index is 286. The molecule has 0 amide bonds. The molecule has 0 aliphatic carbocycles. The lowest BCUT2D eigenvalue weighted by molar-refractivity contribution is 0.121. The molecule has 0 aromatic carbocycles. The molecule has 2 heterocycles. The monoisotopic (exact) mass is 183 g/mol. The summed E-state index contributed by atoms with van der Waals surface area (Å²) in [7, 11) is 3.58. The van der Waals surface area contributed by atoms with E-state index in [0.29, 0.717) is 6.10 Å². The first-order valence-electron chi connectivity index (χ1n) is 4.31. The Hall–Kier alpha value is -1.17. The number of ether oxygens (including phenoxy) is 1. The maximum atomic E-state index is 5.26. The Morgan fingerprint density at radius 1 is 1.54 bits per heavy atom. The quantitative estimate of drug-likeness (QED) is 0.615. The summed E-state index contributed by atoms with van der Waals surface area (Å²) in [4.78, 5) is 2.13. The smallest absolute Gasteiger partial charge is 0.245 e. The van der Waals surface area contributed by atoms with Crippen LogP contribution in [0.15, 0.2) is 0 Å². The van der Waals surface area contributed by atoms with Gasteiger partial charge in [-0.25, -0.2) is 4.68 Å². The van der Waals surface area contributed by atoms with E-state index in [-0.39, 0.29) is 0 Å². The molecule has 1 saturated heterocycles. The number of methoxy groups -OCH3 is 1. The summed E-state index contributed by atoms with van der Waals surface area (Å²) in [5.74, 6) is 0.819. The van der Waals surface area contributed by atoms with Gasteiger partial charge < -0.3 is 9.64 Å². The van der Waals surface area contributed by atoms with Crippen molar-refractivity contribution in [1.29, 1.82) is 0 Å². The highest BCUT2D eigenvalue weighted by atomic mass is 16.5. The molecule has 0 spiro atoms. The Labute approximate surface area is 76.5 Å². The first-order valence-corrected chi connectivity index (χ1v) is 4.31. The molecule has 1 aliphatic rings. The van der Waals surface area contributed by atoms with Crippen LogP contribution in [0.5, 0.6) is 0 Å². The van der Waals surface area contributed by atoms with Crippen molar-refractivity contribution in [3.8, 4) is 0 Å². The molecule has 6 heteroatoms. The summed E-state index contributed by atoms with van der Waals surface area (Å²) in [5.41, 5.74) is 0. The molecule has 0 N–H and O–H groups in total. The zero-order valence-corrected chi connectivity index (χ0v) is 7.84. The molecule has 1 atom stereocenters. The highest BCUT2D eigenvalue weighted by molar-refractivity contribution is 5.29. The second-order valence-corrected chi connectivity index (χ2v) is 3.19. The molecule has 0 radical (unpaired) electrons.